The Bertz CT molecular complexity index is 1370. The molecule has 0 unspecified atom stereocenters. The first-order valence-corrected chi connectivity index (χ1v) is 18.6. The zero-order valence-corrected chi connectivity index (χ0v) is 29.4. The molecule has 9 nitrogen and oxygen atoms in total. The molecule has 4 rings (SSSR count). The molecule has 2 N–H and O–H groups in total. The minimum Gasteiger partial charge on any atom is -0.490 e. The number of amides is 1. The molecule has 1 fully saturated rings. The van der Waals surface area contributed by atoms with E-state index in [0.717, 1.165) is 32.4 Å². The second kappa shape index (κ2) is 17.2. The maximum atomic E-state index is 14.4. The number of fused-ring (bicyclic) bond motifs is 1. The van der Waals surface area contributed by atoms with Gasteiger partial charge in [0.2, 0.25) is 0 Å². The van der Waals surface area contributed by atoms with Gasteiger partial charge in [0.1, 0.15) is 5.75 Å². The summed E-state index contributed by atoms with van der Waals surface area (Å²) in [5.41, 5.74) is 0.467. The average molecular weight is 678 g/mol. The largest absolute Gasteiger partial charge is 0.490 e. The van der Waals surface area contributed by atoms with E-state index in [0.29, 0.717) is 29.8 Å². The van der Waals surface area contributed by atoms with Crippen LogP contribution in [0.5, 0.6) is 5.75 Å². The zero-order valence-electron chi connectivity index (χ0n) is 27.8. The summed E-state index contributed by atoms with van der Waals surface area (Å²) in [5, 5.41) is 10.7. The number of nitrogens with zero attached hydrogens (tertiary/aromatic N) is 2. The summed E-state index contributed by atoms with van der Waals surface area (Å²) in [6, 6.07) is 10.2. The van der Waals surface area contributed by atoms with Crippen molar-refractivity contribution in [3.05, 3.63) is 53.1 Å². The Kier molecular flexibility index (Phi) is 13.6. The number of carbonyl (C=O) groups excluding carboxylic acids is 1. The zero-order chi connectivity index (χ0) is 33.3. The predicted molar refractivity (Wildman–Crippen MR) is 183 cm³/mol. The maximum absolute atomic E-state index is 14.4. The molecule has 4 atom stereocenters. The fraction of sp³-hybridized carbons (Fsp3) is 0.629. The van der Waals surface area contributed by atoms with Gasteiger partial charge in [-0.3, -0.25) is 9.52 Å². The Labute approximate surface area is 280 Å². The summed E-state index contributed by atoms with van der Waals surface area (Å²) in [7, 11) is -1.78. The van der Waals surface area contributed by atoms with Crippen LogP contribution in [-0.4, -0.2) is 87.4 Å². The molecule has 0 aromatic heterocycles. The van der Waals surface area contributed by atoms with E-state index in [4.69, 9.17) is 21.1 Å². The fourth-order valence-corrected chi connectivity index (χ4v) is 7.64. The second-order valence-corrected chi connectivity index (χ2v) is 15.4. The number of hydrogen-bond donors (Lipinski definition) is 2. The van der Waals surface area contributed by atoms with E-state index in [1.165, 1.54) is 62.4 Å². The summed E-state index contributed by atoms with van der Waals surface area (Å²) in [6.07, 6.45) is 8.82. The Hall–Kier alpha value is -2.37. The molecular formula is C35H52ClN3O6S. The quantitative estimate of drug-likeness (QED) is 0.314. The lowest BCUT2D eigenvalue weighted by Gasteiger charge is -2.36. The molecule has 1 aliphatic carbocycles. The van der Waals surface area contributed by atoms with Gasteiger partial charge >= 0.3 is 0 Å². The van der Waals surface area contributed by atoms with Crippen LogP contribution in [0.3, 0.4) is 0 Å². The first-order valence-electron chi connectivity index (χ1n) is 16.8. The number of aliphatic hydroxyl groups excluding tert-OH is 1. The van der Waals surface area contributed by atoms with Crippen LogP contribution in [0, 0.1) is 11.8 Å². The Morgan fingerprint density at radius 1 is 1.02 bits per heavy atom. The molecule has 256 valence electrons. The summed E-state index contributed by atoms with van der Waals surface area (Å²) in [4.78, 5) is 18.5. The van der Waals surface area contributed by atoms with Crippen molar-refractivity contribution < 1.29 is 27.8 Å². The van der Waals surface area contributed by atoms with Crippen LogP contribution in [0.1, 0.15) is 82.5 Å². The van der Waals surface area contributed by atoms with Gasteiger partial charge in [0.15, 0.2) is 0 Å². The van der Waals surface area contributed by atoms with Crippen LogP contribution in [0.25, 0.3) is 0 Å². The van der Waals surface area contributed by atoms with Crippen molar-refractivity contribution in [2.24, 2.45) is 11.8 Å². The minimum atomic E-state index is -3.94. The monoisotopic (exact) mass is 677 g/mol. The molecule has 2 aromatic rings. The number of halogens is 1. The first kappa shape index (κ1) is 36.5. The predicted octanol–water partition coefficient (Wildman–Crippen LogP) is 6.45. The van der Waals surface area contributed by atoms with Crippen molar-refractivity contribution in [2.45, 2.75) is 95.3 Å². The number of ether oxygens (including phenoxy) is 2. The van der Waals surface area contributed by atoms with Gasteiger partial charge in [-0.1, -0.05) is 37.8 Å². The lowest BCUT2D eigenvalue weighted by molar-refractivity contribution is -0.0190. The van der Waals surface area contributed by atoms with Crippen LogP contribution >= 0.6 is 11.6 Å². The van der Waals surface area contributed by atoms with Crippen LogP contribution in [0.15, 0.2) is 47.4 Å². The highest BCUT2D eigenvalue weighted by Gasteiger charge is 2.31. The van der Waals surface area contributed by atoms with Crippen LogP contribution in [-0.2, 0) is 14.8 Å². The van der Waals surface area contributed by atoms with Crippen molar-refractivity contribution in [3.63, 3.8) is 0 Å². The number of benzene rings is 2. The van der Waals surface area contributed by atoms with Crippen molar-refractivity contribution >= 4 is 33.2 Å². The number of rotatable bonds is 9. The number of sulfonamides is 1. The van der Waals surface area contributed by atoms with Gasteiger partial charge < -0.3 is 24.4 Å². The van der Waals surface area contributed by atoms with E-state index in [1.54, 1.807) is 17.0 Å². The SMILES string of the molecule is C[C@H](CO)N1C[C@H](C)[C@H](CN(C)CC2CCCCC2)OCCCC[C@H](C)Oc2ccc(NS(=O)(=O)c3ccc(Cl)cc3)cc2C1=O. The van der Waals surface area contributed by atoms with Gasteiger partial charge in [0.25, 0.3) is 15.9 Å². The molecule has 0 saturated heterocycles. The molecule has 1 amide bonds. The standard InChI is InChI=1S/C35H52ClN3O6S/c1-25-21-39(26(2)24-40)35(41)32-20-30(37-46(42,43)31-16-13-29(36)14-17-31)15-18-33(32)45-27(3)10-8-9-19-44-34(25)23-38(4)22-28-11-6-5-7-12-28/h13-18,20,25-28,34,37,40H,5-12,19,21-24H2,1-4H3/t25-,26+,27-,34-/m0/s1. The summed E-state index contributed by atoms with van der Waals surface area (Å²) < 4.78 is 41.7. The Morgan fingerprint density at radius 2 is 1.72 bits per heavy atom. The Balaban J connectivity index is 1.62. The highest BCUT2D eigenvalue weighted by atomic mass is 35.5. The molecule has 1 aliphatic heterocycles. The highest BCUT2D eigenvalue weighted by molar-refractivity contribution is 7.92. The molecule has 2 aliphatic rings. The number of anilines is 1. The van der Waals surface area contributed by atoms with E-state index in [1.807, 2.05) is 13.8 Å². The van der Waals surface area contributed by atoms with E-state index in [9.17, 15) is 18.3 Å². The van der Waals surface area contributed by atoms with Gasteiger partial charge in [-0.05, 0) is 101 Å². The molecule has 0 radical (unpaired) electrons. The topological polar surface area (TPSA) is 108 Å². The first-order chi connectivity index (χ1) is 22.0. The number of carbonyl (C=O) groups is 1. The van der Waals surface area contributed by atoms with Gasteiger partial charge in [-0.15, -0.1) is 0 Å². The number of likely N-dealkylation sites (N-methyl/N-ethyl adjacent to an activating group) is 1. The number of nitrogens with one attached hydrogen (secondary N) is 1. The van der Waals surface area contributed by atoms with Crippen molar-refractivity contribution in [3.8, 4) is 5.75 Å². The lowest BCUT2D eigenvalue weighted by Crippen LogP contribution is -2.47. The van der Waals surface area contributed by atoms with Crippen LogP contribution in [0.2, 0.25) is 5.02 Å². The molecule has 1 heterocycles. The van der Waals surface area contributed by atoms with E-state index >= 15 is 0 Å². The lowest BCUT2D eigenvalue weighted by atomic mass is 9.89. The third-order valence-corrected chi connectivity index (χ3v) is 10.9. The molecule has 0 spiro atoms. The summed E-state index contributed by atoms with van der Waals surface area (Å²) >= 11 is 5.96. The van der Waals surface area contributed by atoms with E-state index in [-0.39, 0.29) is 46.8 Å². The Morgan fingerprint density at radius 3 is 2.41 bits per heavy atom. The summed E-state index contributed by atoms with van der Waals surface area (Å²) in [5.74, 6) is 0.732. The maximum Gasteiger partial charge on any atom is 0.261 e. The third-order valence-electron chi connectivity index (χ3n) is 9.21. The van der Waals surface area contributed by atoms with Crippen LogP contribution < -0.4 is 9.46 Å². The van der Waals surface area contributed by atoms with Gasteiger partial charge in [-0.2, -0.15) is 0 Å². The average Bonchev–Trinajstić information content (AvgIpc) is 3.03. The van der Waals surface area contributed by atoms with Gasteiger partial charge in [0.05, 0.1) is 35.3 Å². The summed E-state index contributed by atoms with van der Waals surface area (Å²) in [6.45, 7) is 8.46. The molecule has 2 aromatic carbocycles. The third kappa shape index (κ3) is 10.3. The number of hydrogen-bond acceptors (Lipinski definition) is 7. The van der Waals surface area contributed by atoms with E-state index < -0.39 is 16.1 Å². The fourth-order valence-electron chi connectivity index (χ4n) is 6.47. The molecule has 11 heteroatoms. The van der Waals surface area contributed by atoms with Gasteiger partial charge in [0, 0.05) is 42.9 Å². The van der Waals surface area contributed by atoms with E-state index in [2.05, 4.69) is 23.6 Å². The van der Waals surface area contributed by atoms with Crippen LogP contribution in [0.4, 0.5) is 5.69 Å². The molecule has 0 bridgehead atoms. The smallest absolute Gasteiger partial charge is 0.261 e. The van der Waals surface area contributed by atoms with Gasteiger partial charge in [-0.25, -0.2) is 8.42 Å². The highest BCUT2D eigenvalue weighted by Crippen LogP contribution is 2.30. The molecule has 46 heavy (non-hydrogen) atoms. The number of aliphatic hydroxyl groups is 1. The van der Waals surface area contributed by atoms with Crippen molar-refractivity contribution in [2.75, 3.05) is 44.6 Å². The van der Waals surface area contributed by atoms with Crippen molar-refractivity contribution in [1.29, 1.82) is 0 Å². The molecule has 1 saturated carbocycles. The second-order valence-electron chi connectivity index (χ2n) is 13.3. The minimum absolute atomic E-state index is 0.0235. The van der Waals surface area contributed by atoms with Crippen molar-refractivity contribution in [1.82, 2.24) is 9.80 Å². The normalized spacial score (nSPS) is 23.3. The molecular weight excluding hydrogens is 626 g/mol.